The fourth-order valence-electron chi connectivity index (χ4n) is 1.06. The first-order chi connectivity index (χ1) is 6.50. The Bertz CT molecular complexity index is 249. The predicted octanol–water partition coefficient (Wildman–Crippen LogP) is 3.95. The normalized spacial score (nSPS) is 30.2. The van der Waals surface area contributed by atoms with Gasteiger partial charge in [0.2, 0.25) is 0 Å². The van der Waals surface area contributed by atoms with Crippen LogP contribution < -0.4 is 0 Å². The third-order valence-electron chi connectivity index (χ3n) is 1.76. The Morgan fingerprint density at radius 1 is 0.462 bits per heavy atom. The maximum absolute atomic E-state index is 2.20. The second-order valence-electron chi connectivity index (χ2n) is 2.91. The summed E-state index contributed by atoms with van der Waals surface area (Å²) in [6.07, 6.45) is 24.5. The molecule has 0 nitrogen and oxygen atoms in total. The Labute approximate surface area is 80.7 Å². The molecule has 0 heteroatoms. The molecule has 13 heavy (non-hydrogen) atoms. The van der Waals surface area contributed by atoms with Gasteiger partial charge in [0.25, 0.3) is 0 Å². The maximum atomic E-state index is 2.20. The molecule has 0 atom stereocenters. The second-order valence-corrected chi connectivity index (χ2v) is 2.91. The molecule has 0 unspecified atom stereocenters. The molecule has 0 aliphatic heterocycles. The molecule has 0 amide bonds. The van der Waals surface area contributed by atoms with E-state index >= 15 is 0 Å². The van der Waals surface area contributed by atoms with Crippen LogP contribution in [0.25, 0.3) is 0 Å². The molecule has 0 spiro atoms. The van der Waals surface area contributed by atoms with Crippen molar-refractivity contribution in [2.75, 3.05) is 0 Å². The van der Waals surface area contributed by atoms with Crippen LogP contribution in [-0.2, 0) is 0 Å². The summed E-state index contributed by atoms with van der Waals surface area (Å²) in [6, 6.07) is 0. The molecule has 0 saturated heterocycles. The van der Waals surface area contributed by atoms with Gasteiger partial charge in [-0.3, -0.25) is 0 Å². The summed E-state index contributed by atoms with van der Waals surface area (Å²) in [5, 5.41) is 0. The summed E-state index contributed by atoms with van der Waals surface area (Å²) in [7, 11) is 0. The van der Waals surface area contributed by atoms with Gasteiger partial charge in [-0.25, -0.2) is 0 Å². The third-order valence-corrected chi connectivity index (χ3v) is 1.76. The molecule has 0 aromatic heterocycles. The Morgan fingerprint density at radius 3 is 1.62 bits per heavy atom. The quantitative estimate of drug-likeness (QED) is 0.519. The first kappa shape index (κ1) is 9.79. The Morgan fingerprint density at radius 2 is 0.923 bits per heavy atom. The molecule has 1 aliphatic carbocycles. The van der Waals surface area contributed by atoms with E-state index in [1.807, 2.05) is 0 Å². The van der Waals surface area contributed by atoms with Crippen molar-refractivity contribution in [3.63, 3.8) is 0 Å². The van der Waals surface area contributed by atoms with Crippen molar-refractivity contribution in [1.82, 2.24) is 0 Å². The predicted molar refractivity (Wildman–Crippen MR) is 59.6 cm³/mol. The lowest BCUT2D eigenvalue weighted by molar-refractivity contribution is 1.05. The molecule has 0 fully saturated rings. The third kappa shape index (κ3) is 5.92. The van der Waals surface area contributed by atoms with Gasteiger partial charge in [-0.15, -0.1) is 0 Å². The minimum absolute atomic E-state index is 1.01. The van der Waals surface area contributed by atoms with Gasteiger partial charge in [0.15, 0.2) is 0 Å². The van der Waals surface area contributed by atoms with Crippen LogP contribution in [0.15, 0.2) is 60.8 Å². The Hall–Kier alpha value is -1.30. The van der Waals surface area contributed by atoms with Crippen LogP contribution in [0.2, 0.25) is 0 Å². The molecule has 0 aromatic carbocycles. The van der Waals surface area contributed by atoms with E-state index in [1.165, 1.54) is 0 Å². The fourth-order valence-corrected chi connectivity index (χ4v) is 1.06. The van der Waals surface area contributed by atoms with Crippen molar-refractivity contribution in [2.45, 2.75) is 19.3 Å². The second kappa shape index (κ2) is 7.35. The van der Waals surface area contributed by atoms with E-state index in [0.717, 1.165) is 19.3 Å². The van der Waals surface area contributed by atoms with Gasteiger partial charge in [0.1, 0.15) is 0 Å². The van der Waals surface area contributed by atoms with E-state index in [9.17, 15) is 0 Å². The van der Waals surface area contributed by atoms with Crippen LogP contribution in [0, 0.1) is 0 Å². The molecule has 0 bridgehead atoms. The highest BCUT2D eigenvalue weighted by Gasteiger charge is 1.75. The molecule has 0 radical (unpaired) electrons. The monoisotopic (exact) mass is 172 g/mol. The van der Waals surface area contributed by atoms with Gasteiger partial charge >= 0.3 is 0 Å². The van der Waals surface area contributed by atoms with Crippen molar-refractivity contribution in [3.8, 4) is 0 Å². The van der Waals surface area contributed by atoms with Gasteiger partial charge in [0, 0.05) is 0 Å². The summed E-state index contributed by atoms with van der Waals surface area (Å²) in [5.74, 6) is 0. The lowest BCUT2D eigenvalue weighted by Crippen LogP contribution is -1.62. The van der Waals surface area contributed by atoms with Gasteiger partial charge in [-0.05, 0) is 19.3 Å². The lowest BCUT2D eigenvalue weighted by Gasteiger charge is -1.83. The van der Waals surface area contributed by atoms with Crippen LogP contribution in [-0.4, -0.2) is 0 Å². The molecule has 68 valence electrons. The molecule has 0 aromatic rings. The van der Waals surface area contributed by atoms with E-state index in [0.29, 0.717) is 0 Å². The maximum Gasteiger partial charge on any atom is -0.0163 e. The summed E-state index contributed by atoms with van der Waals surface area (Å²) < 4.78 is 0. The SMILES string of the molecule is C1=C\C=C/CC/C=C\C=C/C\C=C/1. The zero-order valence-electron chi connectivity index (χ0n) is 7.89. The fraction of sp³-hybridized carbons (Fsp3) is 0.231. The Balaban J connectivity index is 2.49. The van der Waals surface area contributed by atoms with E-state index in [-0.39, 0.29) is 0 Å². The summed E-state index contributed by atoms with van der Waals surface area (Å²) >= 11 is 0. The average molecular weight is 172 g/mol. The number of rotatable bonds is 0. The molecule has 0 heterocycles. The minimum atomic E-state index is 1.01. The van der Waals surface area contributed by atoms with Crippen LogP contribution >= 0.6 is 0 Å². The van der Waals surface area contributed by atoms with E-state index in [1.54, 1.807) is 0 Å². The van der Waals surface area contributed by atoms with Gasteiger partial charge < -0.3 is 0 Å². The first-order valence-corrected chi connectivity index (χ1v) is 4.80. The molecule has 1 aliphatic rings. The van der Waals surface area contributed by atoms with Crippen LogP contribution in [0.1, 0.15) is 19.3 Å². The zero-order chi connectivity index (χ0) is 9.19. The van der Waals surface area contributed by atoms with Gasteiger partial charge in [-0.2, -0.15) is 0 Å². The Kier molecular flexibility index (Phi) is 5.54. The highest BCUT2D eigenvalue weighted by molar-refractivity contribution is 5.13. The van der Waals surface area contributed by atoms with Gasteiger partial charge in [0.05, 0.1) is 0 Å². The van der Waals surface area contributed by atoms with Crippen molar-refractivity contribution in [2.24, 2.45) is 0 Å². The first-order valence-electron chi connectivity index (χ1n) is 4.80. The summed E-state index contributed by atoms with van der Waals surface area (Å²) in [4.78, 5) is 0. The minimum Gasteiger partial charge on any atom is -0.0842 e. The number of hydrogen-bond acceptors (Lipinski definition) is 0. The largest absolute Gasteiger partial charge is 0.0842 e. The van der Waals surface area contributed by atoms with Crippen molar-refractivity contribution >= 4 is 0 Å². The van der Waals surface area contributed by atoms with Crippen LogP contribution in [0.5, 0.6) is 0 Å². The van der Waals surface area contributed by atoms with Gasteiger partial charge in [-0.1, -0.05) is 60.8 Å². The zero-order valence-corrected chi connectivity index (χ0v) is 7.89. The highest BCUT2D eigenvalue weighted by Crippen LogP contribution is 1.96. The lowest BCUT2D eigenvalue weighted by atomic mass is 10.2. The number of allylic oxidation sites excluding steroid dienone is 10. The van der Waals surface area contributed by atoms with Crippen molar-refractivity contribution in [1.29, 1.82) is 0 Å². The van der Waals surface area contributed by atoms with Crippen LogP contribution in [0.3, 0.4) is 0 Å². The molecule has 1 rings (SSSR count). The van der Waals surface area contributed by atoms with E-state index < -0.39 is 0 Å². The van der Waals surface area contributed by atoms with Crippen molar-refractivity contribution < 1.29 is 0 Å². The highest BCUT2D eigenvalue weighted by atomic mass is 13.8. The summed E-state index contributed by atoms with van der Waals surface area (Å²) in [6.45, 7) is 0. The van der Waals surface area contributed by atoms with Crippen LogP contribution in [0.4, 0.5) is 0 Å². The average Bonchev–Trinajstić information content (AvgIpc) is 2.18. The topological polar surface area (TPSA) is 0 Å². The number of hydrogen-bond donors (Lipinski definition) is 0. The molecular formula is C13H16. The summed E-state index contributed by atoms with van der Waals surface area (Å²) in [5.41, 5.74) is 0. The van der Waals surface area contributed by atoms with E-state index in [2.05, 4.69) is 60.8 Å². The smallest absolute Gasteiger partial charge is 0.0163 e. The molecule has 0 N–H and O–H groups in total. The van der Waals surface area contributed by atoms with Crippen molar-refractivity contribution in [3.05, 3.63) is 60.8 Å². The molecule has 0 saturated carbocycles. The molecular weight excluding hydrogens is 156 g/mol. The van der Waals surface area contributed by atoms with E-state index in [4.69, 9.17) is 0 Å². The standard InChI is InChI=1S/C13H16/c1-2-4-6-8-10-12-13-11-9-7-5-3-1/h1-6,9,11-13H,7-8,10H2/b2-1-,5-3-,6-4-,11-9-,13-12-.